The van der Waals surface area contributed by atoms with Crippen LogP contribution in [-0.2, 0) is 6.42 Å². The fourth-order valence-corrected chi connectivity index (χ4v) is 1.44. The molecular formula is C9H10ClNO2. The van der Waals surface area contributed by atoms with Crippen molar-refractivity contribution in [1.29, 1.82) is 0 Å². The molecule has 0 spiro atoms. The second-order valence-corrected chi connectivity index (χ2v) is 3.14. The van der Waals surface area contributed by atoms with E-state index in [1.54, 1.807) is 13.0 Å². The highest BCUT2D eigenvalue weighted by Crippen LogP contribution is 2.21. The van der Waals surface area contributed by atoms with Gasteiger partial charge in [0.2, 0.25) is 0 Å². The number of nitrogens with zero attached hydrogens (tertiary/aromatic N) is 1. The molecule has 1 rings (SSSR count). The van der Waals surface area contributed by atoms with E-state index in [-0.39, 0.29) is 10.6 Å². The first kappa shape index (κ1) is 9.99. The highest BCUT2D eigenvalue weighted by Gasteiger charge is 2.11. The molecule has 0 saturated carbocycles. The van der Waals surface area contributed by atoms with Crippen molar-refractivity contribution >= 4 is 17.3 Å². The fourth-order valence-electron chi connectivity index (χ4n) is 1.24. The van der Waals surface area contributed by atoms with Crippen LogP contribution in [0.15, 0.2) is 18.2 Å². The molecule has 0 atom stereocenters. The van der Waals surface area contributed by atoms with Gasteiger partial charge >= 0.3 is 0 Å². The van der Waals surface area contributed by atoms with Crippen LogP contribution in [0.2, 0.25) is 0 Å². The average Bonchev–Trinajstić information content (AvgIpc) is 2.08. The van der Waals surface area contributed by atoms with E-state index in [0.29, 0.717) is 17.9 Å². The van der Waals surface area contributed by atoms with Crippen LogP contribution >= 0.6 is 11.6 Å². The van der Waals surface area contributed by atoms with Crippen LogP contribution in [0.25, 0.3) is 0 Å². The number of benzene rings is 1. The predicted octanol–water partition coefficient (Wildman–Crippen LogP) is 2.68. The van der Waals surface area contributed by atoms with Gasteiger partial charge in [0.15, 0.2) is 0 Å². The van der Waals surface area contributed by atoms with Crippen molar-refractivity contribution in [2.24, 2.45) is 0 Å². The summed E-state index contributed by atoms with van der Waals surface area (Å²) in [5, 5.41) is 10.6. The lowest BCUT2D eigenvalue weighted by molar-refractivity contribution is -0.385. The summed E-state index contributed by atoms with van der Waals surface area (Å²) in [6.45, 7) is 1.75. The molecule has 3 nitrogen and oxygen atoms in total. The van der Waals surface area contributed by atoms with Crippen molar-refractivity contribution < 1.29 is 4.92 Å². The summed E-state index contributed by atoms with van der Waals surface area (Å²) in [6, 6.07) is 5.06. The highest BCUT2D eigenvalue weighted by molar-refractivity contribution is 6.18. The molecule has 0 heterocycles. The molecule has 0 fully saturated rings. The van der Waals surface area contributed by atoms with E-state index in [0.717, 1.165) is 5.56 Å². The van der Waals surface area contributed by atoms with E-state index in [1.165, 1.54) is 6.07 Å². The summed E-state index contributed by atoms with van der Waals surface area (Å²) < 4.78 is 0. The van der Waals surface area contributed by atoms with Gasteiger partial charge in [0.1, 0.15) is 0 Å². The first-order valence-corrected chi connectivity index (χ1v) is 4.49. The van der Waals surface area contributed by atoms with E-state index < -0.39 is 0 Å². The van der Waals surface area contributed by atoms with Gasteiger partial charge in [0.25, 0.3) is 5.69 Å². The number of nitro benzene ring substituents is 1. The normalized spacial score (nSPS) is 10.0. The van der Waals surface area contributed by atoms with Gasteiger partial charge < -0.3 is 0 Å². The summed E-state index contributed by atoms with van der Waals surface area (Å²) in [5.74, 6) is 0.488. The number of halogens is 1. The molecule has 1 aromatic rings. The quantitative estimate of drug-likeness (QED) is 0.427. The van der Waals surface area contributed by atoms with E-state index in [1.807, 2.05) is 6.07 Å². The Kier molecular flexibility index (Phi) is 3.25. The van der Waals surface area contributed by atoms with Crippen molar-refractivity contribution in [2.75, 3.05) is 5.88 Å². The molecule has 0 aromatic heterocycles. The third-order valence-corrected chi connectivity index (χ3v) is 2.17. The Morgan fingerprint density at radius 3 is 2.77 bits per heavy atom. The number of alkyl halides is 1. The Morgan fingerprint density at radius 2 is 2.23 bits per heavy atom. The molecule has 0 aliphatic carbocycles. The molecule has 4 heteroatoms. The Balaban J connectivity index is 3.10. The lowest BCUT2D eigenvalue weighted by Gasteiger charge is -2.03. The topological polar surface area (TPSA) is 43.1 Å². The molecule has 0 aliphatic heterocycles. The highest BCUT2D eigenvalue weighted by atomic mass is 35.5. The molecule has 0 amide bonds. The molecule has 0 aliphatic rings. The standard InChI is InChI=1S/C9H10ClNO2/c1-7-8(5-6-10)3-2-4-9(7)11(12)13/h2-4H,5-6H2,1H3. The largest absolute Gasteiger partial charge is 0.272 e. The summed E-state index contributed by atoms with van der Waals surface area (Å²) >= 11 is 5.57. The van der Waals surface area contributed by atoms with Crippen molar-refractivity contribution in [2.45, 2.75) is 13.3 Å². The second kappa shape index (κ2) is 4.23. The van der Waals surface area contributed by atoms with Gasteiger partial charge in [-0.1, -0.05) is 12.1 Å². The molecule has 0 bridgehead atoms. The molecule has 1 aromatic carbocycles. The van der Waals surface area contributed by atoms with Crippen LogP contribution in [0, 0.1) is 17.0 Å². The molecule has 0 radical (unpaired) electrons. The zero-order valence-corrected chi connectivity index (χ0v) is 8.04. The average molecular weight is 200 g/mol. The van der Waals surface area contributed by atoms with E-state index in [4.69, 9.17) is 11.6 Å². The monoisotopic (exact) mass is 199 g/mol. The van der Waals surface area contributed by atoms with Gasteiger partial charge in [-0.05, 0) is 18.9 Å². The van der Waals surface area contributed by atoms with Gasteiger partial charge in [0.05, 0.1) is 4.92 Å². The maximum absolute atomic E-state index is 10.6. The Morgan fingerprint density at radius 1 is 1.54 bits per heavy atom. The third kappa shape index (κ3) is 2.18. The number of hydrogen-bond acceptors (Lipinski definition) is 2. The number of rotatable bonds is 3. The molecule has 0 unspecified atom stereocenters. The minimum atomic E-state index is -0.368. The van der Waals surface area contributed by atoms with E-state index in [9.17, 15) is 10.1 Å². The van der Waals surface area contributed by atoms with Crippen LogP contribution < -0.4 is 0 Å². The smallest absolute Gasteiger partial charge is 0.258 e. The minimum absolute atomic E-state index is 0.169. The molecule has 13 heavy (non-hydrogen) atoms. The predicted molar refractivity (Wildman–Crippen MR) is 52.3 cm³/mol. The summed E-state index contributed by atoms with van der Waals surface area (Å²) in [6.07, 6.45) is 0.676. The molecular weight excluding hydrogens is 190 g/mol. The van der Waals surface area contributed by atoms with Gasteiger partial charge in [-0.2, -0.15) is 0 Å². The maximum atomic E-state index is 10.6. The zero-order chi connectivity index (χ0) is 9.84. The van der Waals surface area contributed by atoms with Crippen molar-refractivity contribution in [3.8, 4) is 0 Å². The molecule has 0 N–H and O–H groups in total. The SMILES string of the molecule is Cc1c(CCCl)cccc1[N+](=O)[O-]. The molecule has 0 saturated heterocycles. The van der Waals surface area contributed by atoms with Crippen molar-refractivity contribution in [3.05, 3.63) is 39.4 Å². The Labute approximate surface area is 81.5 Å². The number of hydrogen-bond donors (Lipinski definition) is 0. The Bertz CT molecular complexity index is 325. The lowest BCUT2D eigenvalue weighted by Crippen LogP contribution is -1.96. The van der Waals surface area contributed by atoms with Gasteiger partial charge in [-0.25, -0.2) is 0 Å². The Hall–Kier alpha value is -1.09. The van der Waals surface area contributed by atoms with Crippen molar-refractivity contribution in [1.82, 2.24) is 0 Å². The maximum Gasteiger partial charge on any atom is 0.272 e. The first-order chi connectivity index (χ1) is 6.16. The number of nitro groups is 1. The lowest BCUT2D eigenvalue weighted by atomic mass is 10.1. The summed E-state index contributed by atoms with van der Waals surface area (Å²) in [4.78, 5) is 10.2. The van der Waals surface area contributed by atoms with Crippen LogP contribution in [0.4, 0.5) is 5.69 Å². The van der Waals surface area contributed by atoms with Gasteiger partial charge in [-0.15, -0.1) is 11.6 Å². The van der Waals surface area contributed by atoms with Crippen LogP contribution in [0.1, 0.15) is 11.1 Å². The van der Waals surface area contributed by atoms with Gasteiger partial charge in [-0.3, -0.25) is 10.1 Å². The summed E-state index contributed by atoms with van der Waals surface area (Å²) in [5.41, 5.74) is 1.83. The fraction of sp³-hybridized carbons (Fsp3) is 0.333. The van der Waals surface area contributed by atoms with E-state index in [2.05, 4.69) is 0 Å². The number of aryl methyl sites for hydroxylation is 1. The minimum Gasteiger partial charge on any atom is -0.258 e. The van der Waals surface area contributed by atoms with Crippen LogP contribution in [0.5, 0.6) is 0 Å². The van der Waals surface area contributed by atoms with Crippen LogP contribution in [0.3, 0.4) is 0 Å². The third-order valence-electron chi connectivity index (χ3n) is 1.98. The van der Waals surface area contributed by atoms with Gasteiger partial charge in [0, 0.05) is 17.5 Å². The molecule has 70 valence electrons. The van der Waals surface area contributed by atoms with E-state index >= 15 is 0 Å². The summed E-state index contributed by atoms with van der Waals surface area (Å²) in [7, 11) is 0. The first-order valence-electron chi connectivity index (χ1n) is 3.95. The van der Waals surface area contributed by atoms with Crippen LogP contribution in [-0.4, -0.2) is 10.8 Å². The second-order valence-electron chi connectivity index (χ2n) is 2.76. The van der Waals surface area contributed by atoms with Crippen molar-refractivity contribution in [3.63, 3.8) is 0 Å². The zero-order valence-electron chi connectivity index (χ0n) is 7.29.